The average molecular weight is 460 g/mol. The van der Waals surface area contributed by atoms with Gasteiger partial charge in [0.1, 0.15) is 4.32 Å². The molecule has 5 rings (SSSR count). The van der Waals surface area contributed by atoms with Crippen molar-refractivity contribution < 1.29 is 4.79 Å². The van der Waals surface area contributed by atoms with E-state index in [0.717, 1.165) is 35.3 Å². The second kappa shape index (κ2) is 9.04. The lowest BCUT2D eigenvalue weighted by molar-refractivity contribution is -0.124. The first-order valence-electron chi connectivity index (χ1n) is 11.1. The summed E-state index contributed by atoms with van der Waals surface area (Å²) in [5.74, 6) is 0.0363. The Morgan fingerprint density at radius 2 is 1.75 bits per heavy atom. The molecule has 0 spiro atoms. The lowest BCUT2D eigenvalue weighted by Gasteiger charge is -2.29. The molecule has 2 fully saturated rings. The van der Waals surface area contributed by atoms with Crippen LogP contribution < -0.4 is 0 Å². The highest BCUT2D eigenvalue weighted by molar-refractivity contribution is 8.26. The summed E-state index contributed by atoms with van der Waals surface area (Å²) in [7, 11) is 0. The molecule has 3 aromatic rings. The minimum Gasteiger partial charge on any atom is -0.290 e. The van der Waals surface area contributed by atoms with Gasteiger partial charge in [-0.15, -0.1) is 0 Å². The highest BCUT2D eigenvalue weighted by Gasteiger charge is 2.37. The molecule has 0 radical (unpaired) electrons. The Hall–Kier alpha value is -2.70. The van der Waals surface area contributed by atoms with Gasteiger partial charge in [0.05, 0.1) is 16.3 Å². The molecule has 1 saturated carbocycles. The summed E-state index contributed by atoms with van der Waals surface area (Å²) in [4.78, 5) is 15.9. The molecule has 1 saturated heterocycles. The summed E-state index contributed by atoms with van der Waals surface area (Å²) >= 11 is 7.03. The van der Waals surface area contributed by atoms with Gasteiger partial charge in [0.2, 0.25) is 0 Å². The molecule has 162 valence electrons. The summed E-state index contributed by atoms with van der Waals surface area (Å²) in [6.07, 6.45) is 9.63. The number of benzene rings is 2. The van der Waals surface area contributed by atoms with Crippen molar-refractivity contribution in [3.05, 3.63) is 76.8 Å². The van der Waals surface area contributed by atoms with E-state index >= 15 is 0 Å². The van der Waals surface area contributed by atoms with Gasteiger partial charge in [-0.2, -0.15) is 5.10 Å². The van der Waals surface area contributed by atoms with E-state index in [9.17, 15) is 4.79 Å². The standard InChI is InChI=1S/C26H25N3OS2/c1-18-12-14-19(15-13-18)24-20(17-28(27-24)21-8-4-2-5-9-21)16-23-25(30)29(26(31)32-23)22-10-6-3-7-11-22/h2,4-5,8-9,12-17,22H,3,6-7,10-11H2,1H3/b23-16-. The molecular weight excluding hydrogens is 434 g/mol. The summed E-state index contributed by atoms with van der Waals surface area (Å²) < 4.78 is 2.56. The molecular formula is C26H25N3OS2. The Morgan fingerprint density at radius 3 is 2.47 bits per heavy atom. The molecule has 1 aliphatic heterocycles. The van der Waals surface area contributed by atoms with Gasteiger partial charge >= 0.3 is 0 Å². The van der Waals surface area contributed by atoms with Gasteiger partial charge in [-0.25, -0.2) is 4.68 Å². The first kappa shape index (κ1) is 21.2. The third-order valence-electron chi connectivity index (χ3n) is 6.14. The second-order valence-electron chi connectivity index (χ2n) is 8.42. The van der Waals surface area contributed by atoms with Crippen LogP contribution in [0.5, 0.6) is 0 Å². The average Bonchev–Trinajstić information content (AvgIpc) is 3.36. The van der Waals surface area contributed by atoms with Crippen LogP contribution in [0.15, 0.2) is 65.7 Å². The van der Waals surface area contributed by atoms with Gasteiger partial charge in [0.25, 0.3) is 5.91 Å². The number of amides is 1. The van der Waals surface area contributed by atoms with E-state index in [1.165, 1.54) is 36.6 Å². The van der Waals surface area contributed by atoms with Crippen molar-refractivity contribution in [1.29, 1.82) is 0 Å². The number of aromatic nitrogens is 2. The molecule has 2 aromatic carbocycles. The SMILES string of the molecule is Cc1ccc(-c2nn(-c3ccccc3)cc2/C=C2\SC(=S)N(C3CCCCC3)C2=O)cc1. The van der Waals surface area contributed by atoms with Crippen molar-refractivity contribution in [3.63, 3.8) is 0 Å². The first-order valence-corrected chi connectivity index (χ1v) is 12.3. The summed E-state index contributed by atoms with van der Waals surface area (Å²) in [6.45, 7) is 2.07. The van der Waals surface area contributed by atoms with E-state index in [2.05, 4.69) is 31.2 Å². The second-order valence-corrected chi connectivity index (χ2v) is 10.1. The van der Waals surface area contributed by atoms with Crippen LogP contribution in [0, 0.1) is 6.92 Å². The van der Waals surface area contributed by atoms with Crippen molar-refractivity contribution in [2.24, 2.45) is 0 Å². The third kappa shape index (κ3) is 4.17. The topological polar surface area (TPSA) is 38.1 Å². The maximum atomic E-state index is 13.3. The van der Waals surface area contributed by atoms with E-state index in [1.807, 2.05) is 52.2 Å². The highest BCUT2D eigenvalue weighted by Crippen LogP contribution is 2.38. The van der Waals surface area contributed by atoms with Gasteiger partial charge in [-0.3, -0.25) is 9.69 Å². The minimum atomic E-state index is 0.0363. The van der Waals surface area contributed by atoms with E-state index < -0.39 is 0 Å². The molecule has 0 unspecified atom stereocenters. The van der Waals surface area contributed by atoms with Crippen molar-refractivity contribution in [3.8, 4) is 16.9 Å². The number of aryl methyl sites for hydroxylation is 1. The van der Waals surface area contributed by atoms with Crippen LogP contribution in [0.1, 0.15) is 43.2 Å². The number of thioether (sulfide) groups is 1. The number of carbonyl (C=O) groups excluding carboxylic acids is 1. The molecule has 2 heterocycles. The summed E-state index contributed by atoms with van der Waals surface area (Å²) in [5, 5.41) is 4.88. The van der Waals surface area contributed by atoms with Gasteiger partial charge in [-0.1, -0.05) is 91.3 Å². The molecule has 6 heteroatoms. The van der Waals surface area contributed by atoms with Crippen LogP contribution in [0.3, 0.4) is 0 Å². The smallest absolute Gasteiger partial charge is 0.266 e. The van der Waals surface area contributed by atoms with Gasteiger partial charge in [0.15, 0.2) is 0 Å². The van der Waals surface area contributed by atoms with Crippen molar-refractivity contribution >= 4 is 40.3 Å². The Labute approximate surface area is 198 Å². The fraction of sp³-hybridized carbons (Fsp3) is 0.269. The molecule has 4 nitrogen and oxygen atoms in total. The lowest BCUT2D eigenvalue weighted by Crippen LogP contribution is -2.39. The van der Waals surface area contributed by atoms with Gasteiger partial charge < -0.3 is 0 Å². The Kier molecular flexibility index (Phi) is 5.98. The third-order valence-corrected chi connectivity index (χ3v) is 7.47. The normalized spacial score (nSPS) is 18.7. The molecule has 1 aliphatic carbocycles. The van der Waals surface area contributed by atoms with Crippen LogP contribution in [-0.4, -0.2) is 30.9 Å². The zero-order valence-electron chi connectivity index (χ0n) is 18.0. The Morgan fingerprint density at radius 1 is 1.03 bits per heavy atom. The van der Waals surface area contributed by atoms with Crippen LogP contribution >= 0.6 is 24.0 Å². The maximum Gasteiger partial charge on any atom is 0.266 e. The number of para-hydroxylation sites is 1. The van der Waals surface area contributed by atoms with Crippen LogP contribution in [0.2, 0.25) is 0 Å². The first-order chi connectivity index (χ1) is 15.6. The number of hydrogen-bond acceptors (Lipinski definition) is 4. The molecule has 0 N–H and O–H groups in total. The number of hydrogen-bond donors (Lipinski definition) is 0. The molecule has 32 heavy (non-hydrogen) atoms. The number of carbonyl (C=O) groups is 1. The summed E-state index contributed by atoms with van der Waals surface area (Å²) in [6, 6.07) is 18.6. The van der Waals surface area contributed by atoms with E-state index in [4.69, 9.17) is 17.3 Å². The predicted molar refractivity (Wildman–Crippen MR) is 136 cm³/mol. The monoisotopic (exact) mass is 459 g/mol. The summed E-state index contributed by atoms with van der Waals surface area (Å²) in [5.41, 5.74) is 4.99. The van der Waals surface area contributed by atoms with Crippen molar-refractivity contribution in [1.82, 2.24) is 14.7 Å². The molecule has 1 amide bonds. The molecule has 2 aliphatic rings. The van der Waals surface area contributed by atoms with Crippen molar-refractivity contribution in [2.75, 3.05) is 0 Å². The Balaban J connectivity index is 1.54. The number of nitrogens with zero attached hydrogens (tertiary/aromatic N) is 3. The van der Waals surface area contributed by atoms with E-state index in [-0.39, 0.29) is 11.9 Å². The molecule has 1 aromatic heterocycles. The van der Waals surface area contributed by atoms with Crippen molar-refractivity contribution in [2.45, 2.75) is 45.1 Å². The molecule has 0 bridgehead atoms. The predicted octanol–water partition coefficient (Wildman–Crippen LogP) is 6.38. The number of thiocarbonyl (C=S) groups is 1. The zero-order chi connectivity index (χ0) is 22.1. The van der Waals surface area contributed by atoms with Crippen LogP contribution in [0.25, 0.3) is 23.0 Å². The quantitative estimate of drug-likeness (QED) is 0.335. The molecule has 0 atom stereocenters. The van der Waals surface area contributed by atoms with E-state index in [1.54, 1.807) is 0 Å². The van der Waals surface area contributed by atoms with Crippen LogP contribution in [-0.2, 0) is 4.79 Å². The number of rotatable bonds is 4. The fourth-order valence-corrected chi connectivity index (χ4v) is 5.81. The van der Waals surface area contributed by atoms with Gasteiger partial charge in [-0.05, 0) is 38.0 Å². The van der Waals surface area contributed by atoms with Gasteiger partial charge in [0, 0.05) is 23.4 Å². The maximum absolute atomic E-state index is 13.3. The fourth-order valence-electron chi connectivity index (χ4n) is 4.42. The van der Waals surface area contributed by atoms with E-state index in [0.29, 0.717) is 9.23 Å². The largest absolute Gasteiger partial charge is 0.290 e. The zero-order valence-corrected chi connectivity index (χ0v) is 19.7. The minimum absolute atomic E-state index is 0.0363. The Bertz CT molecular complexity index is 1180. The van der Waals surface area contributed by atoms with Crippen LogP contribution in [0.4, 0.5) is 0 Å². The highest BCUT2D eigenvalue weighted by atomic mass is 32.2. The lowest BCUT2D eigenvalue weighted by atomic mass is 9.94.